The number of carbonyl (C=O) groups excluding carboxylic acids is 1. The van der Waals surface area contributed by atoms with Gasteiger partial charge in [-0.3, -0.25) is 4.79 Å². The van der Waals surface area contributed by atoms with E-state index in [4.69, 9.17) is 0 Å². The highest BCUT2D eigenvalue weighted by atomic mass is 16.1. The number of hydrogen-bond acceptors (Lipinski definition) is 1. The molecule has 0 heterocycles. The van der Waals surface area contributed by atoms with Crippen LogP contribution in [0.25, 0.3) is 0 Å². The molecule has 5 atom stereocenters. The highest BCUT2D eigenvalue weighted by Crippen LogP contribution is 2.45. The molecule has 2 aliphatic rings. The molecule has 0 aromatic heterocycles. The van der Waals surface area contributed by atoms with E-state index in [1.807, 2.05) is 0 Å². The third kappa shape index (κ3) is 3.54. The molecule has 0 amide bonds. The van der Waals surface area contributed by atoms with Crippen molar-refractivity contribution in [1.82, 2.24) is 0 Å². The van der Waals surface area contributed by atoms with E-state index in [0.717, 1.165) is 18.8 Å². The van der Waals surface area contributed by atoms with E-state index >= 15 is 0 Å². The predicted molar refractivity (Wildman–Crippen MR) is 85.5 cm³/mol. The number of ketones is 1. The molecule has 20 heavy (non-hydrogen) atoms. The molecule has 0 aromatic carbocycles. The highest BCUT2D eigenvalue weighted by Gasteiger charge is 2.40. The van der Waals surface area contributed by atoms with Crippen LogP contribution in [0.15, 0.2) is 12.2 Å². The van der Waals surface area contributed by atoms with E-state index < -0.39 is 0 Å². The number of fused-ring (bicyclic) bond motifs is 1. The molecule has 0 bridgehead atoms. The number of allylic oxidation sites excluding steroid dienone is 2. The van der Waals surface area contributed by atoms with Crippen LogP contribution in [0.1, 0.15) is 66.2 Å². The molecule has 0 saturated heterocycles. The molecule has 0 radical (unpaired) electrons. The third-order valence-electron chi connectivity index (χ3n) is 5.94. The standard InChI is InChI=1S/C19H32O/c1-13(2)14(3)11-12-15(4)16-7-5-9-18-17(16)8-6-10-19(18)20/h11-18H,5-10H2,1-4H3/b12-11+/t14-,15-,16?,17+,18+/m0/s1. The zero-order chi connectivity index (χ0) is 14.7. The average Bonchev–Trinajstić information content (AvgIpc) is 2.44. The van der Waals surface area contributed by atoms with Crippen molar-refractivity contribution in [2.45, 2.75) is 66.2 Å². The normalized spacial score (nSPS) is 34.2. The van der Waals surface area contributed by atoms with E-state index in [-0.39, 0.29) is 0 Å². The highest BCUT2D eigenvalue weighted by molar-refractivity contribution is 5.82. The molecule has 114 valence electrons. The van der Waals surface area contributed by atoms with Crippen LogP contribution in [0.4, 0.5) is 0 Å². The summed E-state index contributed by atoms with van der Waals surface area (Å²) in [6, 6.07) is 0. The van der Waals surface area contributed by atoms with Gasteiger partial charge in [0.2, 0.25) is 0 Å². The summed E-state index contributed by atoms with van der Waals surface area (Å²) in [6.07, 6.45) is 11.9. The van der Waals surface area contributed by atoms with Crippen molar-refractivity contribution in [3.05, 3.63) is 12.2 Å². The average molecular weight is 276 g/mol. The lowest BCUT2D eigenvalue weighted by Crippen LogP contribution is -2.38. The SMILES string of the molecule is CC(C)[C@@H](C)/C=C/[C@H](C)C1CCC[C@H]2C(=O)CCC[C@H]12. The van der Waals surface area contributed by atoms with Crippen molar-refractivity contribution >= 4 is 5.78 Å². The summed E-state index contributed by atoms with van der Waals surface area (Å²) in [5.41, 5.74) is 0. The first-order valence-corrected chi connectivity index (χ1v) is 8.71. The van der Waals surface area contributed by atoms with Crippen molar-refractivity contribution in [2.24, 2.45) is 35.5 Å². The second kappa shape index (κ2) is 6.91. The Morgan fingerprint density at radius 1 is 1.00 bits per heavy atom. The van der Waals surface area contributed by atoms with Crippen molar-refractivity contribution in [3.8, 4) is 0 Å². The summed E-state index contributed by atoms with van der Waals surface area (Å²) in [5, 5.41) is 0. The molecule has 1 unspecified atom stereocenters. The van der Waals surface area contributed by atoms with Crippen molar-refractivity contribution in [1.29, 1.82) is 0 Å². The van der Waals surface area contributed by atoms with Crippen LogP contribution in [-0.4, -0.2) is 5.78 Å². The Morgan fingerprint density at radius 2 is 1.75 bits per heavy atom. The Hall–Kier alpha value is -0.590. The molecule has 0 aliphatic heterocycles. The molecular weight excluding hydrogens is 244 g/mol. The fraction of sp³-hybridized carbons (Fsp3) is 0.842. The second-order valence-corrected chi connectivity index (χ2v) is 7.57. The first-order valence-electron chi connectivity index (χ1n) is 8.71. The van der Waals surface area contributed by atoms with Gasteiger partial charge >= 0.3 is 0 Å². The van der Waals surface area contributed by atoms with Gasteiger partial charge in [-0.1, -0.05) is 46.3 Å². The van der Waals surface area contributed by atoms with Gasteiger partial charge in [0.15, 0.2) is 0 Å². The molecule has 2 saturated carbocycles. The lowest BCUT2D eigenvalue weighted by atomic mass is 9.62. The summed E-state index contributed by atoms with van der Waals surface area (Å²) in [7, 11) is 0. The van der Waals surface area contributed by atoms with Crippen LogP contribution < -0.4 is 0 Å². The largest absolute Gasteiger partial charge is 0.299 e. The minimum Gasteiger partial charge on any atom is -0.299 e. The molecule has 2 aliphatic carbocycles. The van der Waals surface area contributed by atoms with Crippen LogP contribution >= 0.6 is 0 Å². The number of hydrogen-bond donors (Lipinski definition) is 0. The van der Waals surface area contributed by atoms with Crippen LogP contribution in [0.5, 0.6) is 0 Å². The Bertz CT molecular complexity index is 355. The Labute approximate surface area is 125 Å². The summed E-state index contributed by atoms with van der Waals surface area (Å²) < 4.78 is 0. The zero-order valence-electron chi connectivity index (χ0n) is 13.8. The maximum absolute atomic E-state index is 12.1. The van der Waals surface area contributed by atoms with Crippen molar-refractivity contribution in [2.75, 3.05) is 0 Å². The van der Waals surface area contributed by atoms with E-state index in [0.29, 0.717) is 35.4 Å². The lowest BCUT2D eigenvalue weighted by molar-refractivity contribution is -0.129. The Balaban J connectivity index is 2.01. The molecule has 2 fully saturated rings. The number of carbonyl (C=O) groups is 1. The fourth-order valence-electron chi connectivity index (χ4n) is 4.18. The maximum atomic E-state index is 12.1. The summed E-state index contributed by atoms with van der Waals surface area (Å²) in [4.78, 5) is 12.1. The molecule has 0 spiro atoms. The maximum Gasteiger partial charge on any atom is 0.136 e. The van der Waals surface area contributed by atoms with Crippen LogP contribution in [-0.2, 0) is 4.79 Å². The van der Waals surface area contributed by atoms with E-state index in [1.165, 1.54) is 25.7 Å². The van der Waals surface area contributed by atoms with Gasteiger partial charge in [0.25, 0.3) is 0 Å². The van der Waals surface area contributed by atoms with Gasteiger partial charge in [-0.15, -0.1) is 0 Å². The third-order valence-corrected chi connectivity index (χ3v) is 5.94. The Morgan fingerprint density at radius 3 is 2.45 bits per heavy atom. The Kier molecular flexibility index (Phi) is 5.46. The van der Waals surface area contributed by atoms with Gasteiger partial charge in [-0.05, 0) is 55.3 Å². The smallest absolute Gasteiger partial charge is 0.136 e. The lowest BCUT2D eigenvalue weighted by Gasteiger charge is -2.42. The van der Waals surface area contributed by atoms with Crippen LogP contribution in [0, 0.1) is 35.5 Å². The summed E-state index contributed by atoms with van der Waals surface area (Å²) >= 11 is 0. The van der Waals surface area contributed by atoms with Gasteiger partial charge in [0.05, 0.1) is 0 Å². The van der Waals surface area contributed by atoms with Gasteiger partial charge in [-0.25, -0.2) is 0 Å². The first kappa shape index (κ1) is 15.8. The number of Topliss-reactive ketones (excluding diaryl/α,β-unsaturated/α-hetero) is 1. The fourth-order valence-corrected chi connectivity index (χ4v) is 4.18. The molecular formula is C19H32O. The molecule has 1 nitrogen and oxygen atoms in total. The minimum atomic E-state index is 0.404. The van der Waals surface area contributed by atoms with E-state index in [9.17, 15) is 4.79 Å². The van der Waals surface area contributed by atoms with Crippen LogP contribution in [0.3, 0.4) is 0 Å². The molecule has 0 aromatic rings. The minimum absolute atomic E-state index is 0.404. The van der Waals surface area contributed by atoms with Crippen molar-refractivity contribution in [3.63, 3.8) is 0 Å². The summed E-state index contributed by atoms with van der Waals surface area (Å²) in [6.45, 7) is 9.25. The predicted octanol–water partition coefficient (Wildman–Crippen LogP) is 5.26. The van der Waals surface area contributed by atoms with E-state index in [1.54, 1.807) is 0 Å². The van der Waals surface area contributed by atoms with Gasteiger partial charge < -0.3 is 0 Å². The van der Waals surface area contributed by atoms with E-state index in [2.05, 4.69) is 39.8 Å². The topological polar surface area (TPSA) is 17.1 Å². The quantitative estimate of drug-likeness (QED) is 0.640. The molecule has 1 heteroatoms. The summed E-state index contributed by atoms with van der Waals surface area (Å²) in [5.74, 6) is 4.40. The molecule has 0 N–H and O–H groups in total. The van der Waals surface area contributed by atoms with Gasteiger partial charge in [0, 0.05) is 12.3 Å². The van der Waals surface area contributed by atoms with Crippen molar-refractivity contribution < 1.29 is 4.79 Å². The second-order valence-electron chi connectivity index (χ2n) is 7.57. The van der Waals surface area contributed by atoms with Crippen LogP contribution in [0.2, 0.25) is 0 Å². The first-order chi connectivity index (χ1) is 9.50. The molecule has 2 rings (SSSR count). The monoisotopic (exact) mass is 276 g/mol. The van der Waals surface area contributed by atoms with Gasteiger partial charge in [-0.2, -0.15) is 0 Å². The van der Waals surface area contributed by atoms with Gasteiger partial charge in [0.1, 0.15) is 5.78 Å². The zero-order valence-corrected chi connectivity index (χ0v) is 13.8. The number of rotatable bonds is 4.